The fourth-order valence-corrected chi connectivity index (χ4v) is 2.54. The number of hydrogen-bond acceptors (Lipinski definition) is 6. The molecule has 1 aliphatic rings. The van der Waals surface area contributed by atoms with Crippen LogP contribution >= 0.6 is 11.6 Å². The van der Waals surface area contributed by atoms with Crippen molar-refractivity contribution in [3.8, 4) is 0 Å². The Balaban J connectivity index is 1.78. The van der Waals surface area contributed by atoms with Crippen molar-refractivity contribution in [3.63, 3.8) is 0 Å². The van der Waals surface area contributed by atoms with Crippen LogP contribution in [0, 0.1) is 0 Å². The van der Waals surface area contributed by atoms with E-state index in [0.29, 0.717) is 13.0 Å². The molecular weight excluding hydrogens is 280 g/mol. The van der Waals surface area contributed by atoms with Crippen LogP contribution in [0.5, 0.6) is 0 Å². The van der Waals surface area contributed by atoms with Crippen molar-refractivity contribution >= 4 is 23.3 Å². The van der Waals surface area contributed by atoms with E-state index in [9.17, 15) is 4.79 Å². The Hall–Kier alpha value is -1.34. The molecule has 0 spiro atoms. The lowest BCUT2D eigenvalue weighted by Crippen LogP contribution is -2.47. The Kier molecular flexibility index (Phi) is 5.60. The van der Waals surface area contributed by atoms with Gasteiger partial charge in [-0.05, 0) is 12.1 Å². The van der Waals surface area contributed by atoms with Gasteiger partial charge in [-0.15, -0.1) is 0 Å². The molecule has 1 saturated heterocycles. The maximum atomic E-state index is 11.2. The summed E-state index contributed by atoms with van der Waals surface area (Å²) < 4.78 is 0. The first-order valence-electron chi connectivity index (χ1n) is 6.58. The number of benzene rings is 1. The molecule has 6 nitrogen and oxygen atoms in total. The number of nitrogens with one attached hydrogen (secondary N) is 1. The molecule has 3 N–H and O–H groups in total. The summed E-state index contributed by atoms with van der Waals surface area (Å²) in [7, 11) is 0. The molecule has 0 atom stereocenters. The number of para-hydroxylation sites is 1. The van der Waals surface area contributed by atoms with Crippen LogP contribution in [0.2, 0.25) is 5.02 Å². The molecule has 7 heteroatoms. The fourth-order valence-electron chi connectivity index (χ4n) is 2.29. The highest BCUT2D eigenvalue weighted by molar-refractivity contribution is 6.33. The van der Waals surface area contributed by atoms with Crippen LogP contribution < -0.4 is 16.3 Å². The molecule has 0 aromatic heterocycles. The first-order chi connectivity index (χ1) is 9.70. The van der Waals surface area contributed by atoms with Crippen molar-refractivity contribution in [2.45, 2.75) is 6.42 Å². The van der Waals surface area contributed by atoms with E-state index in [4.69, 9.17) is 17.4 Å². The van der Waals surface area contributed by atoms with Gasteiger partial charge < -0.3 is 9.74 Å². The van der Waals surface area contributed by atoms with Gasteiger partial charge in [0.2, 0.25) is 0 Å². The van der Waals surface area contributed by atoms with E-state index < -0.39 is 0 Å². The molecule has 0 radical (unpaired) electrons. The van der Waals surface area contributed by atoms with E-state index >= 15 is 0 Å². The number of piperazine rings is 1. The lowest BCUT2D eigenvalue weighted by atomic mass is 10.2. The average molecular weight is 299 g/mol. The quantitative estimate of drug-likeness (QED) is 0.618. The van der Waals surface area contributed by atoms with Gasteiger partial charge >= 0.3 is 5.97 Å². The zero-order valence-electron chi connectivity index (χ0n) is 11.2. The largest absolute Gasteiger partial charge is 0.368 e. The molecule has 0 amide bonds. The number of carbonyl (C=O) groups is 1. The second kappa shape index (κ2) is 7.44. The summed E-state index contributed by atoms with van der Waals surface area (Å²) in [5.41, 5.74) is 2.97. The minimum absolute atomic E-state index is 0.330. The fraction of sp³-hybridized carbons (Fsp3) is 0.462. The summed E-state index contributed by atoms with van der Waals surface area (Å²) in [4.78, 5) is 20.2. The van der Waals surface area contributed by atoms with Crippen LogP contribution in [0.1, 0.15) is 6.42 Å². The van der Waals surface area contributed by atoms with Gasteiger partial charge in [0.05, 0.1) is 17.1 Å². The number of carbonyl (C=O) groups excluding carboxylic acids is 1. The van der Waals surface area contributed by atoms with Crippen molar-refractivity contribution < 1.29 is 9.63 Å². The van der Waals surface area contributed by atoms with E-state index in [1.54, 1.807) is 0 Å². The van der Waals surface area contributed by atoms with E-state index in [1.807, 2.05) is 29.9 Å². The molecule has 1 heterocycles. The molecule has 1 fully saturated rings. The second-order valence-corrected chi connectivity index (χ2v) is 5.03. The number of anilines is 1. The molecule has 20 heavy (non-hydrogen) atoms. The van der Waals surface area contributed by atoms with E-state index in [-0.39, 0.29) is 5.97 Å². The van der Waals surface area contributed by atoms with Gasteiger partial charge in [0.1, 0.15) is 0 Å². The summed E-state index contributed by atoms with van der Waals surface area (Å²) in [6.07, 6.45) is 0.330. The zero-order valence-corrected chi connectivity index (χ0v) is 12.0. The maximum absolute atomic E-state index is 11.2. The van der Waals surface area contributed by atoms with Gasteiger partial charge in [-0.1, -0.05) is 29.3 Å². The molecule has 0 saturated carbocycles. The maximum Gasteiger partial charge on any atom is 0.327 e. The van der Waals surface area contributed by atoms with Crippen molar-refractivity contribution in [2.24, 2.45) is 5.84 Å². The number of nitrogens with two attached hydrogens (primary N) is 1. The topological polar surface area (TPSA) is 70.8 Å². The standard InChI is InChI=1S/C13H19ClN4O2/c14-11-3-1-2-4-12(11)18-9-7-17(8-10-18)6-5-13(19)20-16-15/h1-4,16H,5-10,15H2. The van der Waals surface area contributed by atoms with Crippen LogP contribution in [-0.4, -0.2) is 43.6 Å². The lowest BCUT2D eigenvalue weighted by Gasteiger charge is -2.36. The Bertz CT molecular complexity index is 450. The Morgan fingerprint density at radius 3 is 2.65 bits per heavy atom. The number of rotatable bonds is 5. The highest BCUT2D eigenvalue weighted by Gasteiger charge is 2.19. The SMILES string of the molecule is NNOC(=O)CCN1CCN(c2ccccc2Cl)CC1. The summed E-state index contributed by atoms with van der Waals surface area (Å²) in [5, 5.41) is 0.776. The highest BCUT2D eigenvalue weighted by Crippen LogP contribution is 2.25. The normalized spacial score (nSPS) is 16.2. The van der Waals surface area contributed by atoms with Crippen LogP contribution in [-0.2, 0) is 9.63 Å². The smallest absolute Gasteiger partial charge is 0.327 e. The third-order valence-electron chi connectivity index (χ3n) is 3.37. The third kappa shape index (κ3) is 4.08. The summed E-state index contributed by atoms with van der Waals surface area (Å²) >= 11 is 6.20. The van der Waals surface area contributed by atoms with E-state index in [1.165, 1.54) is 0 Å². The monoisotopic (exact) mass is 298 g/mol. The van der Waals surface area contributed by atoms with Crippen molar-refractivity contribution in [3.05, 3.63) is 29.3 Å². The van der Waals surface area contributed by atoms with Crippen LogP contribution in [0.3, 0.4) is 0 Å². The first-order valence-corrected chi connectivity index (χ1v) is 6.95. The van der Waals surface area contributed by atoms with Crippen LogP contribution in [0.15, 0.2) is 24.3 Å². The first kappa shape index (κ1) is 15.1. The minimum atomic E-state index is -0.346. The molecule has 110 valence electrons. The number of halogens is 1. The van der Waals surface area contributed by atoms with Gasteiger partial charge in [-0.2, -0.15) is 0 Å². The number of hydrazine groups is 1. The predicted molar refractivity (Wildman–Crippen MR) is 78.1 cm³/mol. The molecule has 0 aliphatic carbocycles. The summed E-state index contributed by atoms with van der Waals surface area (Å²) in [6, 6.07) is 7.85. The van der Waals surface area contributed by atoms with E-state index in [0.717, 1.165) is 36.9 Å². The Labute approximate surface area is 123 Å². The summed E-state index contributed by atoms with van der Waals surface area (Å²) in [5.74, 6) is 4.56. The van der Waals surface area contributed by atoms with Gasteiger partial charge in [0.25, 0.3) is 0 Å². The predicted octanol–water partition coefficient (Wildman–Crippen LogP) is 0.774. The third-order valence-corrected chi connectivity index (χ3v) is 3.69. The Morgan fingerprint density at radius 1 is 1.30 bits per heavy atom. The van der Waals surface area contributed by atoms with Gasteiger partial charge in [0, 0.05) is 32.7 Å². The van der Waals surface area contributed by atoms with Gasteiger partial charge in [-0.3, -0.25) is 9.69 Å². The van der Waals surface area contributed by atoms with Crippen molar-refractivity contribution in [1.29, 1.82) is 0 Å². The number of hydrogen-bond donors (Lipinski definition) is 2. The number of nitrogens with zero attached hydrogens (tertiary/aromatic N) is 2. The van der Waals surface area contributed by atoms with E-state index in [2.05, 4.69) is 14.6 Å². The van der Waals surface area contributed by atoms with Crippen molar-refractivity contribution in [1.82, 2.24) is 10.5 Å². The minimum Gasteiger partial charge on any atom is -0.368 e. The second-order valence-electron chi connectivity index (χ2n) is 4.62. The van der Waals surface area contributed by atoms with Crippen LogP contribution in [0.4, 0.5) is 5.69 Å². The van der Waals surface area contributed by atoms with Crippen LogP contribution in [0.25, 0.3) is 0 Å². The molecule has 1 aromatic rings. The lowest BCUT2D eigenvalue weighted by molar-refractivity contribution is -0.151. The zero-order chi connectivity index (χ0) is 14.4. The average Bonchev–Trinajstić information content (AvgIpc) is 2.47. The highest BCUT2D eigenvalue weighted by atomic mass is 35.5. The van der Waals surface area contributed by atoms with Crippen molar-refractivity contribution in [2.75, 3.05) is 37.6 Å². The molecular formula is C13H19ClN4O2. The van der Waals surface area contributed by atoms with Gasteiger partial charge in [-0.25, -0.2) is 5.84 Å². The molecule has 2 rings (SSSR count). The van der Waals surface area contributed by atoms with Gasteiger partial charge in [0.15, 0.2) is 0 Å². The molecule has 0 unspecified atom stereocenters. The Morgan fingerprint density at radius 2 is 2.00 bits per heavy atom. The molecule has 0 bridgehead atoms. The summed E-state index contributed by atoms with van der Waals surface area (Å²) in [6.45, 7) is 4.27. The molecule has 1 aliphatic heterocycles. The molecule has 1 aromatic carbocycles.